The van der Waals surface area contributed by atoms with Gasteiger partial charge in [0.15, 0.2) is 0 Å². The Morgan fingerprint density at radius 2 is 1.62 bits per heavy atom. The fraction of sp³-hybridized carbons (Fsp3) is 0.385. The Balaban J connectivity index is 1.47. The lowest BCUT2D eigenvalue weighted by atomic mass is 10.1. The third kappa shape index (κ3) is 4.55. The number of aromatic nitrogens is 2. The summed E-state index contributed by atoms with van der Waals surface area (Å²) in [6.45, 7) is 4.59. The summed E-state index contributed by atoms with van der Waals surface area (Å²) in [5.41, 5.74) is 4.64. The van der Waals surface area contributed by atoms with Crippen LogP contribution < -0.4 is 4.90 Å². The zero-order chi connectivity index (χ0) is 21.8. The standard InChI is InChI=1S/C26H30N4O2/c31-26(30-15-17-32-18-16-30)22(25-27-23-7-3-4-8-24(23)28-25)19-20-9-11-21(12-10-20)29-13-5-1-2-6-14-29/h3-4,7-12,19H,1-2,5-6,13-18H2,(H,27,28)/b22-19+. The molecule has 0 atom stereocenters. The van der Waals surface area contributed by atoms with Crippen LogP contribution in [0.15, 0.2) is 48.5 Å². The summed E-state index contributed by atoms with van der Waals surface area (Å²) in [5.74, 6) is 0.600. The van der Waals surface area contributed by atoms with Gasteiger partial charge >= 0.3 is 0 Å². The highest BCUT2D eigenvalue weighted by atomic mass is 16.5. The highest BCUT2D eigenvalue weighted by molar-refractivity contribution is 6.23. The third-order valence-electron chi connectivity index (χ3n) is 6.35. The molecule has 0 unspecified atom stereocenters. The minimum Gasteiger partial charge on any atom is -0.378 e. The molecule has 2 fully saturated rings. The Kier molecular flexibility index (Phi) is 6.21. The molecule has 6 nitrogen and oxygen atoms in total. The van der Waals surface area contributed by atoms with E-state index >= 15 is 0 Å². The van der Waals surface area contributed by atoms with Crippen molar-refractivity contribution in [1.29, 1.82) is 0 Å². The van der Waals surface area contributed by atoms with Crippen molar-refractivity contribution in [2.24, 2.45) is 0 Å². The number of nitrogens with zero attached hydrogens (tertiary/aromatic N) is 3. The van der Waals surface area contributed by atoms with Gasteiger partial charge in [-0.25, -0.2) is 4.98 Å². The van der Waals surface area contributed by atoms with E-state index in [-0.39, 0.29) is 5.91 Å². The van der Waals surface area contributed by atoms with Crippen molar-refractivity contribution in [3.05, 3.63) is 59.9 Å². The number of imidazole rings is 1. The fourth-order valence-corrected chi connectivity index (χ4v) is 4.53. The molecule has 1 amide bonds. The minimum absolute atomic E-state index is 0.0102. The highest BCUT2D eigenvalue weighted by Crippen LogP contribution is 2.25. The largest absolute Gasteiger partial charge is 0.378 e. The van der Waals surface area contributed by atoms with Crippen LogP contribution in [0, 0.1) is 0 Å². The van der Waals surface area contributed by atoms with Crippen LogP contribution in [0.4, 0.5) is 5.69 Å². The van der Waals surface area contributed by atoms with Gasteiger partial charge in [-0.3, -0.25) is 4.79 Å². The fourth-order valence-electron chi connectivity index (χ4n) is 4.53. The Bertz CT molecular complexity index is 1060. The number of para-hydroxylation sites is 2. The van der Waals surface area contributed by atoms with Gasteiger partial charge in [0, 0.05) is 31.9 Å². The lowest BCUT2D eigenvalue weighted by Gasteiger charge is -2.27. The SMILES string of the molecule is O=C(/C(=C/c1ccc(N2CCCCCC2)cc1)c1nc2ccccc2[nH]1)N1CCOCC1. The molecule has 2 aromatic carbocycles. The minimum atomic E-state index is -0.0102. The summed E-state index contributed by atoms with van der Waals surface area (Å²) in [4.78, 5) is 25.8. The summed E-state index contributed by atoms with van der Waals surface area (Å²) >= 11 is 0. The molecule has 0 radical (unpaired) electrons. The van der Waals surface area contributed by atoms with Crippen LogP contribution in [0.2, 0.25) is 0 Å². The van der Waals surface area contributed by atoms with Crippen molar-refractivity contribution in [3.8, 4) is 0 Å². The molecule has 0 saturated carbocycles. The molecule has 2 aliphatic heterocycles. The van der Waals surface area contributed by atoms with Gasteiger partial charge in [-0.1, -0.05) is 37.1 Å². The number of nitrogens with one attached hydrogen (secondary N) is 1. The lowest BCUT2D eigenvalue weighted by Crippen LogP contribution is -2.41. The Hall–Kier alpha value is -3.12. The molecule has 2 saturated heterocycles. The number of carbonyl (C=O) groups is 1. The maximum atomic E-state index is 13.5. The number of rotatable bonds is 4. The molecule has 2 aliphatic rings. The summed E-state index contributed by atoms with van der Waals surface area (Å²) in [7, 11) is 0. The number of aromatic amines is 1. The van der Waals surface area contributed by atoms with Crippen molar-refractivity contribution < 1.29 is 9.53 Å². The first-order chi connectivity index (χ1) is 15.8. The maximum Gasteiger partial charge on any atom is 0.257 e. The molecule has 6 heteroatoms. The van der Waals surface area contributed by atoms with E-state index in [9.17, 15) is 4.79 Å². The van der Waals surface area contributed by atoms with Crippen molar-refractivity contribution in [2.75, 3.05) is 44.3 Å². The lowest BCUT2D eigenvalue weighted by molar-refractivity contribution is -0.128. The molecule has 3 aromatic rings. The zero-order valence-corrected chi connectivity index (χ0v) is 18.4. The van der Waals surface area contributed by atoms with E-state index in [1.165, 1.54) is 31.4 Å². The number of amides is 1. The molecule has 32 heavy (non-hydrogen) atoms. The van der Waals surface area contributed by atoms with Crippen molar-refractivity contribution in [2.45, 2.75) is 25.7 Å². The van der Waals surface area contributed by atoms with Crippen molar-refractivity contribution in [1.82, 2.24) is 14.9 Å². The van der Waals surface area contributed by atoms with Crippen molar-refractivity contribution >= 4 is 34.3 Å². The van der Waals surface area contributed by atoms with Gasteiger partial charge in [0.1, 0.15) is 5.82 Å². The van der Waals surface area contributed by atoms with Crippen LogP contribution >= 0.6 is 0 Å². The Labute approximate surface area is 188 Å². The van der Waals surface area contributed by atoms with Gasteiger partial charge in [0.05, 0.1) is 29.8 Å². The van der Waals surface area contributed by atoms with Crippen LogP contribution in [0.25, 0.3) is 22.7 Å². The summed E-state index contributed by atoms with van der Waals surface area (Å²) in [5, 5.41) is 0. The summed E-state index contributed by atoms with van der Waals surface area (Å²) in [6, 6.07) is 16.4. The van der Waals surface area contributed by atoms with Gasteiger partial charge in [-0.15, -0.1) is 0 Å². The van der Waals surface area contributed by atoms with Gasteiger partial charge < -0.3 is 19.5 Å². The van der Waals surface area contributed by atoms with Gasteiger partial charge in [-0.05, 0) is 48.7 Å². The molecule has 1 N–H and O–H groups in total. The smallest absolute Gasteiger partial charge is 0.257 e. The number of fused-ring (bicyclic) bond motifs is 1. The normalized spacial score (nSPS) is 18.1. The molecule has 0 spiro atoms. The number of hydrogen-bond donors (Lipinski definition) is 1. The number of benzene rings is 2. The number of carbonyl (C=O) groups excluding carboxylic acids is 1. The van der Waals surface area contributed by atoms with Gasteiger partial charge in [0.2, 0.25) is 0 Å². The van der Waals surface area contributed by atoms with E-state index in [0.717, 1.165) is 29.7 Å². The molecular formula is C26H30N4O2. The van der Waals surface area contributed by atoms with Crippen LogP contribution in [0.5, 0.6) is 0 Å². The second-order valence-electron chi connectivity index (χ2n) is 8.56. The second-order valence-corrected chi connectivity index (χ2v) is 8.56. The average Bonchev–Trinajstić information content (AvgIpc) is 3.09. The first-order valence-electron chi connectivity index (χ1n) is 11.7. The molecule has 5 rings (SSSR count). The predicted octanol–water partition coefficient (Wildman–Crippen LogP) is 4.34. The molecule has 0 bridgehead atoms. The summed E-state index contributed by atoms with van der Waals surface area (Å²) < 4.78 is 5.44. The van der Waals surface area contributed by atoms with E-state index in [4.69, 9.17) is 9.72 Å². The highest BCUT2D eigenvalue weighted by Gasteiger charge is 2.24. The molecule has 0 aliphatic carbocycles. The van der Waals surface area contributed by atoms with Crippen LogP contribution in [0.1, 0.15) is 37.1 Å². The first-order valence-corrected chi connectivity index (χ1v) is 11.7. The number of morpholine rings is 1. The Morgan fingerprint density at radius 3 is 2.34 bits per heavy atom. The number of hydrogen-bond acceptors (Lipinski definition) is 4. The predicted molar refractivity (Wildman–Crippen MR) is 128 cm³/mol. The number of anilines is 1. The van der Waals surface area contributed by atoms with Crippen LogP contribution in [-0.4, -0.2) is 60.2 Å². The van der Waals surface area contributed by atoms with E-state index in [1.807, 2.05) is 35.2 Å². The molecule has 1 aromatic heterocycles. The van der Waals surface area contributed by atoms with E-state index in [2.05, 4.69) is 34.1 Å². The monoisotopic (exact) mass is 430 g/mol. The topological polar surface area (TPSA) is 61.5 Å². The van der Waals surface area contributed by atoms with E-state index in [1.54, 1.807) is 0 Å². The molecular weight excluding hydrogens is 400 g/mol. The van der Waals surface area contributed by atoms with E-state index in [0.29, 0.717) is 37.7 Å². The third-order valence-corrected chi connectivity index (χ3v) is 6.35. The second kappa shape index (κ2) is 9.57. The van der Waals surface area contributed by atoms with Gasteiger partial charge in [0.25, 0.3) is 5.91 Å². The molecule has 3 heterocycles. The zero-order valence-electron chi connectivity index (χ0n) is 18.4. The Morgan fingerprint density at radius 1 is 0.906 bits per heavy atom. The van der Waals surface area contributed by atoms with Gasteiger partial charge in [-0.2, -0.15) is 0 Å². The van der Waals surface area contributed by atoms with Crippen LogP contribution in [0.3, 0.4) is 0 Å². The number of ether oxygens (including phenoxy) is 1. The van der Waals surface area contributed by atoms with Crippen molar-refractivity contribution in [3.63, 3.8) is 0 Å². The summed E-state index contributed by atoms with van der Waals surface area (Å²) in [6.07, 6.45) is 7.11. The quantitative estimate of drug-likeness (QED) is 0.626. The average molecular weight is 431 g/mol. The first kappa shape index (κ1) is 20.8. The maximum absolute atomic E-state index is 13.5. The van der Waals surface area contributed by atoms with Crippen LogP contribution in [-0.2, 0) is 9.53 Å². The van der Waals surface area contributed by atoms with E-state index < -0.39 is 0 Å². The molecule has 166 valence electrons. The number of H-pyrrole nitrogens is 1.